The SMILES string of the molecule is COc1cc(NC(=O)CS[C@H]2CCS(=O)(=O)C2)cc(OC)c1. The molecule has 1 amide bonds. The van der Waals surface area contributed by atoms with Crippen molar-refractivity contribution in [3.63, 3.8) is 0 Å². The van der Waals surface area contributed by atoms with Crippen LogP contribution in [0.15, 0.2) is 18.2 Å². The Morgan fingerprint density at radius 3 is 2.41 bits per heavy atom. The van der Waals surface area contributed by atoms with Crippen LogP contribution < -0.4 is 14.8 Å². The van der Waals surface area contributed by atoms with Gasteiger partial charge in [-0.05, 0) is 6.42 Å². The van der Waals surface area contributed by atoms with Gasteiger partial charge in [0, 0.05) is 29.1 Å². The number of rotatable bonds is 6. The Balaban J connectivity index is 1.89. The maximum atomic E-state index is 12.0. The van der Waals surface area contributed by atoms with Gasteiger partial charge in [-0.15, -0.1) is 11.8 Å². The lowest BCUT2D eigenvalue weighted by Gasteiger charge is -2.11. The average Bonchev–Trinajstić information content (AvgIpc) is 2.84. The van der Waals surface area contributed by atoms with Crippen LogP contribution in [0.3, 0.4) is 0 Å². The van der Waals surface area contributed by atoms with E-state index in [9.17, 15) is 13.2 Å². The first-order valence-electron chi connectivity index (χ1n) is 6.77. The van der Waals surface area contributed by atoms with Crippen LogP contribution in [-0.4, -0.2) is 51.1 Å². The first kappa shape index (κ1) is 17.0. The highest BCUT2D eigenvalue weighted by atomic mass is 32.2. The van der Waals surface area contributed by atoms with Gasteiger partial charge < -0.3 is 14.8 Å². The summed E-state index contributed by atoms with van der Waals surface area (Å²) in [7, 11) is 0.171. The summed E-state index contributed by atoms with van der Waals surface area (Å²) >= 11 is 1.38. The molecule has 1 aliphatic rings. The van der Waals surface area contributed by atoms with E-state index in [4.69, 9.17) is 9.47 Å². The van der Waals surface area contributed by atoms with E-state index >= 15 is 0 Å². The number of thioether (sulfide) groups is 1. The van der Waals surface area contributed by atoms with E-state index in [0.29, 0.717) is 23.6 Å². The van der Waals surface area contributed by atoms with Crippen molar-refractivity contribution in [1.82, 2.24) is 0 Å². The maximum absolute atomic E-state index is 12.0. The largest absolute Gasteiger partial charge is 0.497 e. The first-order chi connectivity index (χ1) is 10.4. The predicted molar refractivity (Wildman–Crippen MR) is 87.7 cm³/mol. The molecule has 0 bridgehead atoms. The van der Waals surface area contributed by atoms with Gasteiger partial charge >= 0.3 is 0 Å². The van der Waals surface area contributed by atoms with Crippen molar-refractivity contribution in [3.05, 3.63) is 18.2 Å². The van der Waals surface area contributed by atoms with Gasteiger partial charge in [0.05, 0.1) is 31.5 Å². The minimum atomic E-state index is -2.91. The quantitative estimate of drug-likeness (QED) is 0.843. The lowest BCUT2D eigenvalue weighted by molar-refractivity contribution is -0.113. The fourth-order valence-electron chi connectivity index (χ4n) is 2.16. The first-order valence-corrected chi connectivity index (χ1v) is 9.64. The van der Waals surface area contributed by atoms with Gasteiger partial charge in [-0.2, -0.15) is 0 Å². The summed E-state index contributed by atoms with van der Waals surface area (Å²) < 4.78 is 33.0. The van der Waals surface area contributed by atoms with Crippen LogP contribution in [-0.2, 0) is 14.6 Å². The molecule has 0 aliphatic carbocycles. The summed E-state index contributed by atoms with van der Waals surface area (Å²) in [5.74, 6) is 1.61. The third-order valence-electron chi connectivity index (χ3n) is 3.28. The number of carbonyl (C=O) groups excluding carboxylic acids is 1. The summed E-state index contributed by atoms with van der Waals surface area (Å²) in [6.45, 7) is 0. The van der Waals surface area contributed by atoms with Crippen LogP contribution >= 0.6 is 11.8 Å². The number of hydrogen-bond donors (Lipinski definition) is 1. The van der Waals surface area contributed by atoms with Crippen LogP contribution in [0.2, 0.25) is 0 Å². The van der Waals surface area contributed by atoms with Crippen molar-refractivity contribution in [2.45, 2.75) is 11.7 Å². The molecule has 2 rings (SSSR count). The number of nitrogens with one attached hydrogen (secondary N) is 1. The Bertz CT molecular complexity index is 622. The minimum Gasteiger partial charge on any atom is -0.497 e. The molecule has 1 aromatic rings. The van der Waals surface area contributed by atoms with Crippen LogP contribution in [0.25, 0.3) is 0 Å². The molecule has 1 saturated heterocycles. The Morgan fingerprint density at radius 1 is 1.27 bits per heavy atom. The molecule has 1 fully saturated rings. The highest BCUT2D eigenvalue weighted by molar-refractivity contribution is 8.02. The van der Waals surface area contributed by atoms with Crippen LogP contribution in [0.5, 0.6) is 11.5 Å². The number of amides is 1. The zero-order valence-electron chi connectivity index (χ0n) is 12.5. The molecule has 1 heterocycles. The molecule has 6 nitrogen and oxygen atoms in total. The molecule has 8 heteroatoms. The second-order valence-electron chi connectivity index (χ2n) is 4.99. The van der Waals surface area contributed by atoms with Gasteiger partial charge in [0.25, 0.3) is 0 Å². The number of hydrogen-bond acceptors (Lipinski definition) is 6. The number of sulfone groups is 1. The third kappa shape index (κ3) is 4.81. The van der Waals surface area contributed by atoms with Gasteiger partial charge in [0.15, 0.2) is 9.84 Å². The molecule has 0 unspecified atom stereocenters. The number of anilines is 1. The van der Waals surface area contributed by atoms with E-state index in [2.05, 4.69) is 5.32 Å². The van der Waals surface area contributed by atoms with Gasteiger partial charge in [-0.1, -0.05) is 0 Å². The van der Waals surface area contributed by atoms with Crippen LogP contribution in [0.4, 0.5) is 5.69 Å². The molecule has 0 aromatic heterocycles. The van der Waals surface area contributed by atoms with E-state index < -0.39 is 9.84 Å². The molecule has 0 radical (unpaired) electrons. The molecule has 0 spiro atoms. The van der Waals surface area contributed by atoms with Crippen molar-refractivity contribution in [1.29, 1.82) is 0 Å². The smallest absolute Gasteiger partial charge is 0.234 e. The fraction of sp³-hybridized carbons (Fsp3) is 0.500. The Labute approximate surface area is 134 Å². The summed E-state index contributed by atoms with van der Waals surface area (Å²) in [5, 5.41) is 2.78. The summed E-state index contributed by atoms with van der Waals surface area (Å²) in [4.78, 5) is 12.0. The topological polar surface area (TPSA) is 81.7 Å². The minimum absolute atomic E-state index is 0.00981. The third-order valence-corrected chi connectivity index (χ3v) is 6.56. The van der Waals surface area contributed by atoms with Crippen molar-refractivity contribution in [2.24, 2.45) is 0 Å². The molecule has 22 heavy (non-hydrogen) atoms. The molecular weight excluding hydrogens is 326 g/mol. The molecular formula is C14H19NO5S2. The van der Waals surface area contributed by atoms with E-state index in [1.54, 1.807) is 18.2 Å². The second kappa shape index (κ2) is 7.23. The predicted octanol–water partition coefficient (Wildman–Crippen LogP) is 1.56. The molecule has 1 atom stereocenters. The fourth-order valence-corrected chi connectivity index (χ4v) is 5.61. The average molecular weight is 345 g/mol. The zero-order valence-corrected chi connectivity index (χ0v) is 14.1. The van der Waals surface area contributed by atoms with Gasteiger partial charge in [-0.3, -0.25) is 4.79 Å². The number of methoxy groups -OCH3 is 2. The number of benzene rings is 1. The van der Waals surface area contributed by atoms with E-state index in [0.717, 1.165) is 0 Å². The zero-order chi connectivity index (χ0) is 16.2. The van der Waals surface area contributed by atoms with Gasteiger partial charge in [-0.25, -0.2) is 8.42 Å². The number of ether oxygens (including phenoxy) is 2. The summed E-state index contributed by atoms with van der Waals surface area (Å²) in [5.41, 5.74) is 0.584. The summed E-state index contributed by atoms with van der Waals surface area (Å²) in [6, 6.07) is 5.12. The van der Waals surface area contributed by atoms with Crippen molar-refractivity contribution in [2.75, 3.05) is 36.8 Å². The van der Waals surface area contributed by atoms with Crippen molar-refractivity contribution >= 4 is 33.2 Å². The monoisotopic (exact) mass is 345 g/mol. The van der Waals surface area contributed by atoms with Crippen LogP contribution in [0.1, 0.15) is 6.42 Å². The summed E-state index contributed by atoms with van der Waals surface area (Å²) in [6.07, 6.45) is 0.618. The highest BCUT2D eigenvalue weighted by Gasteiger charge is 2.28. The van der Waals surface area contributed by atoms with E-state index in [-0.39, 0.29) is 28.4 Å². The lowest BCUT2D eigenvalue weighted by atomic mass is 10.2. The standard InChI is InChI=1S/C14H19NO5S2/c1-19-11-5-10(6-12(7-11)20-2)15-14(16)8-21-13-3-4-22(17,18)9-13/h5-7,13H,3-4,8-9H2,1-2H3,(H,15,16)/t13-/m0/s1. The highest BCUT2D eigenvalue weighted by Crippen LogP contribution is 2.27. The normalized spacial score (nSPS) is 19.6. The Kier molecular flexibility index (Phi) is 5.57. The molecule has 0 saturated carbocycles. The van der Waals surface area contributed by atoms with Gasteiger partial charge in [0.1, 0.15) is 11.5 Å². The van der Waals surface area contributed by atoms with Crippen LogP contribution in [0, 0.1) is 0 Å². The van der Waals surface area contributed by atoms with Gasteiger partial charge in [0.2, 0.25) is 5.91 Å². The maximum Gasteiger partial charge on any atom is 0.234 e. The van der Waals surface area contributed by atoms with Crippen molar-refractivity contribution in [3.8, 4) is 11.5 Å². The molecule has 1 aliphatic heterocycles. The van der Waals surface area contributed by atoms with E-state index in [1.807, 2.05) is 0 Å². The van der Waals surface area contributed by atoms with E-state index in [1.165, 1.54) is 26.0 Å². The number of carbonyl (C=O) groups is 1. The lowest BCUT2D eigenvalue weighted by Crippen LogP contribution is -2.17. The Hall–Kier alpha value is -1.41. The molecule has 1 N–H and O–H groups in total. The van der Waals surface area contributed by atoms with Crippen molar-refractivity contribution < 1.29 is 22.7 Å². The molecule has 122 valence electrons. The Morgan fingerprint density at radius 2 is 1.91 bits per heavy atom. The molecule has 1 aromatic carbocycles. The second-order valence-corrected chi connectivity index (χ2v) is 8.50.